The Bertz CT molecular complexity index is 1070. The third kappa shape index (κ3) is 5.61. The van der Waals surface area contributed by atoms with Crippen LogP contribution in [0.4, 0.5) is 0 Å². The van der Waals surface area contributed by atoms with Crippen LogP contribution in [0.15, 0.2) is 85.5 Å². The predicted molar refractivity (Wildman–Crippen MR) is 141 cm³/mol. The molecule has 1 aliphatic rings. The highest BCUT2D eigenvalue weighted by atomic mass is 16.7. The standard InChI is InChI=1S/C31H38O4/c1-5-12-27-19-26(22-34-21-24-13-7-6-8-14-24)23(2)20-31(27,30(32-3)33-4)35-29-18-11-16-25-15-9-10-17-28(25)29/h5-11,13-18,23,26-27,30H,1,12,19-22H2,2-4H3/t23-,26+,27-,31-/m0/s1. The van der Waals surface area contributed by atoms with Gasteiger partial charge in [-0.25, -0.2) is 0 Å². The maximum absolute atomic E-state index is 7.02. The smallest absolute Gasteiger partial charge is 0.197 e. The van der Waals surface area contributed by atoms with E-state index in [1.807, 2.05) is 12.1 Å². The van der Waals surface area contributed by atoms with Crippen LogP contribution in [-0.4, -0.2) is 32.7 Å². The van der Waals surface area contributed by atoms with Gasteiger partial charge in [-0.05, 0) is 48.1 Å². The second-order valence-corrected chi connectivity index (χ2v) is 9.74. The van der Waals surface area contributed by atoms with Crippen molar-refractivity contribution in [3.8, 4) is 5.75 Å². The Labute approximate surface area is 209 Å². The Balaban J connectivity index is 1.61. The van der Waals surface area contributed by atoms with Crippen molar-refractivity contribution >= 4 is 10.8 Å². The first-order chi connectivity index (χ1) is 17.1. The van der Waals surface area contributed by atoms with Crippen LogP contribution in [0.1, 0.15) is 31.7 Å². The Hall–Kier alpha value is -2.66. The van der Waals surface area contributed by atoms with Gasteiger partial charge in [-0.3, -0.25) is 0 Å². The highest BCUT2D eigenvalue weighted by Crippen LogP contribution is 2.48. The second-order valence-electron chi connectivity index (χ2n) is 9.74. The number of rotatable bonds is 11. The fourth-order valence-corrected chi connectivity index (χ4v) is 5.71. The summed E-state index contributed by atoms with van der Waals surface area (Å²) in [4.78, 5) is 0. The van der Waals surface area contributed by atoms with Crippen molar-refractivity contribution in [2.45, 2.75) is 44.7 Å². The zero-order valence-corrected chi connectivity index (χ0v) is 21.2. The predicted octanol–water partition coefficient (Wildman–Crippen LogP) is 7.03. The summed E-state index contributed by atoms with van der Waals surface area (Å²) in [5.41, 5.74) is 0.558. The van der Waals surface area contributed by atoms with Gasteiger partial charge in [0.15, 0.2) is 11.9 Å². The molecule has 186 valence electrons. The molecule has 0 bridgehead atoms. The van der Waals surface area contributed by atoms with Gasteiger partial charge in [-0.2, -0.15) is 0 Å². The molecule has 0 amide bonds. The first kappa shape index (κ1) is 25.4. The minimum Gasteiger partial charge on any atom is -0.481 e. The molecule has 0 heterocycles. The van der Waals surface area contributed by atoms with Crippen molar-refractivity contribution in [1.29, 1.82) is 0 Å². The van der Waals surface area contributed by atoms with E-state index in [1.165, 1.54) is 5.56 Å². The van der Waals surface area contributed by atoms with Crippen molar-refractivity contribution in [2.24, 2.45) is 17.8 Å². The molecule has 0 aliphatic heterocycles. The number of fused-ring (bicyclic) bond motifs is 1. The maximum Gasteiger partial charge on any atom is 0.197 e. The summed E-state index contributed by atoms with van der Waals surface area (Å²) >= 11 is 0. The Morgan fingerprint density at radius 1 is 0.971 bits per heavy atom. The lowest BCUT2D eigenvalue weighted by atomic mass is 9.64. The average molecular weight is 475 g/mol. The molecule has 0 N–H and O–H groups in total. The Kier molecular flexibility index (Phi) is 8.61. The lowest BCUT2D eigenvalue weighted by Gasteiger charge is -2.51. The maximum atomic E-state index is 7.02. The highest BCUT2D eigenvalue weighted by molar-refractivity contribution is 5.88. The second kappa shape index (κ2) is 11.9. The van der Waals surface area contributed by atoms with Crippen LogP contribution in [0.25, 0.3) is 10.8 Å². The Morgan fingerprint density at radius 2 is 1.69 bits per heavy atom. The first-order valence-corrected chi connectivity index (χ1v) is 12.6. The van der Waals surface area contributed by atoms with Crippen molar-refractivity contribution in [3.63, 3.8) is 0 Å². The molecule has 1 aliphatic carbocycles. The van der Waals surface area contributed by atoms with E-state index in [1.54, 1.807) is 14.2 Å². The molecule has 1 saturated carbocycles. The van der Waals surface area contributed by atoms with Crippen LogP contribution in [-0.2, 0) is 20.8 Å². The van der Waals surface area contributed by atoms with Gasteiger partial charge in [-0.15, -0.1) is 6.58 Å². The van der Waals surface area contributed by atoms with Gasteiger partial charge in [0.2, 0.25) is 0 Å². The van der Waals surface area contributed by atoms with E-state index in [-0.39, 0.29) is 5.92 Å². The summed E-state index contributed by atoms with van der Waals surface area (Å²) in [7, 11) is 3.40. The van der Waals surface area contributed by atoms with E-state index < -0.39 is 11.9 Å². The van der Waals surface area contributed by atoms with Crippen LogP contribution in [0.2, 0.25) is 0 Å². The largest absolute Gasteiger partial charge is 0.481 e. The number of methoxy groups -OCH3 is 2. The molecule has 4 rings (SSSR count). The summed E-state index contributed by atoms with van der Waals surface area (Å²) in [5, 5.41) is 2.25. The summed E-state index contributed by atoms with van der Waals surface area (Å²) < 4.78 is 25.0. The van der Waals surface area contributed by atoms with Gasteiger partial charge in [0, 0.05) is 25.5 Å². The third-order valence-corrected chi connectivity index (χ3v) is 7.50. The van der Waals surface area contributed by atoms with Gasteiger partial charge in [0.25, 0.3) is 0 Å². The summed E-state index contributed by atoms with van der Waals surface area (Å²) in [5.74, 6) is 1.82. The van der Waals surface area contributed by atoms with E-state index >= 15 is 0 Å². The van der Waals surface area contributed by atoms with Gasteiger partial charge in [0.05, 0.1) is 13.2 Å². The Morgan fingerprint density at radius 3 is 2.43 bits per heavy atom. The summed E-state index contributed by atoms with van der Waals surface area (Å²) in [6, 6.07) is 24.9. The van der Waals surface area contributed by atoms with Crippen LogP contribution in [0, 0.1) is 17.8 Å². The van der Waals surface area contributed by atoms with E-state index in [2.05, 4.69) is 80.2 Å². The number of benzene rings is 3. The number of hydrogen-bond acceptors (Lipinski definition) is 4. The van der Waals surface area contributed by atoms with Crippen LogP contribution < -0.4 is 4.74 Å². The monoisotopic (exact) mass is 474 g/mol. The summed E-state index contributed by atoms with van der Waals surface area (Å²) in [6.07, 6.45) is 4.07. The normalized spacial score (nSPS) is 24.5. The first-order valence-electron chi connectivity index (χ1n) is 12.6. The molecule has 0 saturated heterocycles. The third-order valence-electron chi connectivity index (χ3n) is 7.50. The highest BCUT2D eigenvalue weighted by Gasteiger charge is 2.54. The van der Waals surface area contributed by atoms with Crippen molar-refractivity contribution in [3.05, 3.63) is 91.0 Å². The van der Waals surface area contributed by atoms with Crippen molar-refractivity contribution < 1.29 is 18.9 Å². The molecular formula is C31H38O4. The number of hydrogen-bond donors (Lipinski definition) is 0. The number of ether oxygens (including phenoxy) is 4. The minimum atomic E-state index is -0.642. The fourth-order valence-electron chi connectivity index (χ4n) is 5.71. The molecular weight excluding hydrogens is 436 g/mol. The fraction of sp³-hybridized carbons (Fsp3) is 0.419. The van der Waals surface area contributed by atoms with E-state index in [0.717, 1.165) is 42.4 Å². The lowest BCUT2D eigenvalue weighted by molar-refractivity contribution is -0.242. The van der Waals surface area contributed by atoms with Crippen LogP contribution in [0.3, 0.4) is 0 Å². The van der Waals surface area contributed by atoms with E-state index in [4.69, 9.17) is 18.9 Å². The number of allylic oxidation sites excluding steroid dienone is 1. The molecule has 0 aromatic heterocycles. The molecule has 35 heavy (non-hydrogen) atoms. The summed E-state index contributed by atoms with van der Waals surface area (Å²) in [6.45, 7) is 7.71. The quantitative estimate of drug-likeness (QED) is 0.221. The molecule has 4 heteroatoms. The van der Waals surface area contributed by atoms with Gasteiger partial charge in [0.1, 0.15) is 5.75 Å². The lowest BCUT2D eigenvalue weighted by Crippen LogP contribution is -2.59. The van der Waals surface area contributed by atoms with Gasteiger partial charge < -0.3 is 18.9 Å². The van der Waals surface area contributed by atoms with Crippen molar-refractivity contribution in [1.82, 2.24) is 0 Å². The zero-order chi connectivity index (χ0) is 24.7. The topological polar surface area (TPSA) is 36.9 Å². The van der Waals surface area contributed by atoms with Crippen LogP contribution in [0.5, 0.6) is 5.75 Å². The van der Waals surface area contributed by atoms with Gasteiger partial charge >= 0.3 is 0 Å². The average Bonchev–Trinajstić information content (AvgIpc) is 2.88. The minimum absolute atomic E-state index is 0.172. The molecule has 0 radical (unpaired) electrons. The molecule has 3 aromatic carbocycles. The van der Waals surface area contributed by atoms with Crippen LogP contribution >= 0.6 is 0 Å². The molecule has 1 fully saturated rings. The molecule has 3 aromatic rings. The molecule has 4 atom stereocenters. The zero-order valence-electron chi connectivity index (χ0n) is 21.2. The molecule has 0 unspecified atom stereocenters. The SMILES string of the molecule is C=CC[C@H]1C[C@H](COCc2ccccc2)[C@@H](C)C[C@@]1(Oc1cccc2ccccc12)C(OC)OC. The van der Waals surface area contributed by atoms with Crippen molar-refractivity contribution in [2.75, 3.05) is 20.8 Å². The van der Waals surface area contributed by atoms with E-state index in [0.29, 0.717) is 18.4 Å². The molecule has 0 spiro atoms. The van der Waals surface area contributed by atoms with E-state index in [9.17, 15) is 0 Å². The molecule has 4 nitrogen and oxygen atoms in total. The van der Waals surface area contributed by atoms with Gasteiger partial charge in [-0.1, -0.05) is 79.7 Å².